The standard InChI is InChI=1S/C17H22N4O4/c1-23-12-16-19-15(20-25-16)6-11-24-14-4-9-21(10-5-14)17(22)13-2-7-18-8-3-13/h2-3,7-8,14H,4-6,9-12H2,1H3. The quantitative estimate of drug-likeness (QED) is 0.750. The van der Waals surface area contributed by atoms with E-state index in [4.69, 9.17) is 14.0 Å². The van der Waals surface area contributed by atoms with Gasteiger partial charge in [-0.1, -0.05) is 5.16 Å². The van der Waals surface area contributed by atoms with Crippen LogP contribution >= 0.6 is 0 Å². The lowest BCUT2D eigenvalue weighted by atomic mass is 10.1. The Kier molecular flexibility index (Phi) is 6.08. The highest BCUT2D eigenvalue weighted by Gasteiger charge is 2.24. The first-order valence-electron chi connectivity index (χ1n) is 8.37. The lowest BCUT2D eigenvalue weighted by molar-refractivity contribution is 0.00947. The van der Waals surface area contributed by atoms with Crippen molar-refractivity contribution in [2.45, 2.75) is 32.0 Å². The molecule has 3 heterocycles. The van der Waals surface area contributed by atoms with Crippen LogP contribution in [-0.2, 0) is 22.5 Å². The van der Waals surface area contributed by atoms with E-state index in [2.05, 4.69) is 15.1 Å². The molecule has 3 rings (SSSR count). The number of methoxy groups -OCH3 is 1. The number of hydrogen-bond donors (Lipinski definition) is 0. The average molecular weight is 346 g/mol. The molecule has 0 saturated carbocycles. The molecule has 1 aliphatic rings. The molecule has 0 aromatic carbocycles. The van der Waals surface area contributed by atoms with Crippen molar-refractivity contribution in [2.24, 2.45) is 0 Å². The first kappa shape index (κ1) is 17.5. The third-order valence-electron chi connectivity index (χ3n) is 4.11. The molecule has 1 fully saturated rings. The third-order valence-corrected chi connectivity index (χ3v) is 4.11. The SMILES string of the molecule is COCc1nc(CCOC2CCN(C(=O)c3ccncc3)CC2)no1. The summed E-state index contributed by atoms with van der Waals surface area (Å²) >= 11 is 0. The Morgan fingerprint density at radius 1 is 1.32 bits per heavy atom. The summed E-state index contributed by atoms with van der Waals surface area (Å²) in [6, 6.07) is 3.49. The van der Waals surface area contributed by atoms with E-state index in [9.17, 15) is 4.79 Å². The fraction of sp³-hybridized carbons (Fsp3) is 0.529. The predicted molar refractivity (Wildman–Crippen MR) is 87.8 cm³/mol. The van der Waals surface area contributed by atoms with Gasteiger partial charge in [0.15, 0.2) is 5.82 Å². The zero-order chi connectivity index (χ0) is 17.5. The number of hydrogen-bond acceptors (Lipinski definition) is 7. The van der Waals surface area contributed by atoms with Crippen LogP contribution in [0.25, 0.3) is 0 Å². The predicted octanol–water partition coefficient (Wildman–Crippen LogP) is 1.47. The molecule has 1 aliphatic heterocycles. The molecular weight excluding hydrogens is 324 g/mol. The fourth-order valence-corrected chi connectivity index (χ4v) is 2.79. The molecule has 134 valence electrons. The van der Waals surface area contributed by atoms with Crippen LogP contribution in [0.15, 0.2) is 29.0 Å². The maximum Gasteiger partial charge on any atom is 0.253 e. The molecule has 8 heteroatoms. The minimum Gasteiger partial charge on any atom is -0.378 e. The third kappa shape index (κ3) is 4.83. The number of aromatic nitrogens is 3. The highest BCUT2D eigenvalue weighted by atomic mass is 16.5. The molecule has 1 amide bonds. The molecule has 0 atom stereocenters. The summed E-state index contributed by atoms with van der Waals surface area (Å²) in [5.41, 5.74) is 0.679. The number of nitrogens with zero attached hydrogens (tertiary/aromatic N) is 4. The lowest BCUT2D eigenvalue weighted by Crippen LogP contribution is -2.41. The smallest absolute Gasteiger partial charge is 0.253 e. The van der Waals surface area contributed by atoms with Crippen LogP contribution in [0.5, 0.6) is 0 Å². The summed E-state index contributed by atoms with van der Waals surface area (Å²) in [6.07, 6.45) is 5.70. The van der Waals surface area contributed by atoms with Gasteiger partial charge in [0.25, 0.3) is 11.8 Å². The van der Waals surface area contributed by atoms with Gasteiger partial charge in [0.05, 0.1) is 12.7 Å². The molecule has 0 N–H and O–H groups in total. The summed E-state index contributed by atoms with van der Waals surface area (Å²) in [7, 11) is 1.58. The van der Waals surface area contributed by atoms with Crippen LogP contribution in [0.1, 0.15) is 34.9 Å². The Balaban J connectivity index is 1.38. The van der Waals surface area contributed by atoms with Gasteiger partial charge in [-0.15, -0.1) is 0 Å². The van der Waals surface area contributed by atoms with Crippen LogP contribution < -0.4 is 0 Å². The van der Waals surface area contributed by atoms with E-state index in [1.165, 1.54) is 0 Å². The molecule has 8 nitrogen and oxygen atoms in total. The number of ether oxygens (including phenoxy) is 2. The molecule has 0 spiro atoms. The minimum atomic E-state index is 0.0540. The summed E-state index contributed by atoms with van der Waals surface area (Å²) in [5, 5.41) is 3.88. The highest BCUT2D eigenvalue weighted by molar-refractivity contribution is 5.94. The van der Waals surface area contributed by atoms with E-state index in [0.29, 0.717) is 50.0 Å². The molecule has 2 aromatic heterocycles. The van der Waals surface area contributed by atoms with E-state index < -0.39 is 0 Å². The largest absolute Gasteiger partial charge is 0.378 e. The van der Waals surface area contributed by atoms with E-state index in [-0.39, 0.29) is 12.0 Å². The Labute approximate surface area is 146 Å². The summed E-state index contributed by atoms with van der Waals surface area (Å²) in [6.45, 7) is 2.25. The van der Waals surface area contributed by atoms with Crippen molar-refractivity contribution in [3.8, 4) is 0 Å². The van der Waals surface area contributed by atoms with Gasteiger partial charge in [-0.05, 0) is 25.0 Å². The summed E-state index contributed by atoms with van der Waals surface area (Å²) in [5.74, 6) is 1.15. The zero-order valence-corrected chi connectivity index (χ0v) is 14.3. The first-order valence-corrected chi connectivity index (χ1v) is 8.37. The van der Waals surface area contributed by atoms with Crippen LogP contribution in [0.4, 0.5) is 0 Å². The van der Waals surface area contributed by atoms with Crippen molar-refractivity contribution >= 4 is 5.91 Å². The van der Waals surface area contributed by atoms with Gasteiger partial charge in [-0.25, -0.2) is 0 Å². The van der Waals surface area contributed by atoms with Crippen LogP contribution in [0, 0.1) is 0 Å². The number of pyridine rings is 1. The number of amides is 1. The Hall–Kier alpha value is -2.32. The molecule has 25 heavy (non-hydrogen) atoms. The van der Waals surface area contributed by atoms with E-state index in [1.54, 1.807) is 31.6 Å². The normalized spacial score (nSPS) is 15.5. The van der Waals surface area contributed by atoms with E-state index >= 15 is 0 Å². The second-order valence-corrected chi connectivity index (χ2v) is 5.89. The molecular formula is C17H22N4O4. The minimum absolute atomic E-state index is 0.0540. The van der Waals surface area contributed by atoms with Crippen molar-refractivity contribution in [2.75, 3.05) is 26.8 Å². The van der Waals surface area contributed by atoms with Crippen molar-refractivity contribution in [1.82, 2.24) is 20.0 Å². The van der Waals surface area contributed by atoms with Gasteiger partial charge in [0.2, 0.25) is 0 Å². The monoisotopic (exact) mass is 346 g/mol. The van der Waals surface area contributed by atoms with Gasteiger partial charge in [0, 0.05) is 44.6 Å². The van der Waals surface area contributed by atoms with Crippen LogP contribution in [-0.4, -0.2) is 58.8 Å². The Morgan fingerprint density at radius 2 is 2.08 bits per heavy atom. The topological polar surface area (TPSA) is 90.6 Å². The van der Waals surface area contributed by atoms with Crippen molar-refractivity contribution < 1.29 is 18.8 Å². The Bertz CT molecular complexity index is 668. The zero-order valence-electron chi connectivity index (χ0n) is 14.3. The maximum atomic E-state index is 12.4. The number of carbonyl (C=O) groups excluding carboxylic acids is 1. The maximum absolute atomic E-state index is 12.4. The highest BCUT2D eigenvalue weighted by Crippen LogP contribution is 2.16. The fourth-order valence-electron chi connectivity index (χ4n) is 2.79. The van der Waals surface area contributed by atoms with Crippen molar-refractivity contribution in [3.63, 3.8) is 0 Å². The number of carbonyl (C=O) groups is 1. The lowest BCUT2D eigenvalue weighted by Gasteiger charge is -2.32. The van der Waals surface area contributed by atoms with Gasteiger partial charge >= 0.3 is 0 Å². The second kappa shape index (κ2) is 8.68. The molecule has 1 saturated heterocycles. The van der Waals surface area contributed by atoms with Gasteiger partial charge in [-0.3, -0.25) is 9.78 Å². The number of piperidine rings is 1. The molecule has 0 unspecified atom stereocenters. The Morgan fingerprint density at radius 3 is 2.80 bits per heavy atom. The number of rotatable bonds is 7. The molecule has 2 aromatic rings. The second-order valence-electron chi connectivity index (χ2n) is 5.89. The molecule has 0 aliphatic carbocycles. The number of likely N-dealkylation sites (tertiary alicyclic amines) is 1. The van der Waals surface area contributed by atoms with Crippen molar-refractivity contribution in [3.05, 3.63) is 41.8 Å². The molecule has 0 radical (unpaired) electrons. The van der Waals surface area contributed by atoms with E-state index in [0.717, 1.165) is 12.8 Å². The van der Waals surface area contributed by atoms with E-state index in [1.807, 2.05) is 4.90 Å². The van der Waals surface area contributed by atoms with Gasteiger partial charge < -0.3 is 18.9 Å². The van der Waals surface area contributed by atoms with Gasteiger partial charge in [-0.2, -0.15) is 4.98 Å². The van der Waals surface area contributed by atoms with Gasteiger partial charge in [0.1, 0.15) is 6.61 Å². The van der Waals surface area contributed by atoms with Crippen LogP contribution in [0.2, 0.25) is 0 Å². The van der Waals surface area contributed by atoms with Crippen molar-refractivity contribution in [1.29, 1.82) is 0 Å². The summed E-state index contributed by atoms with van der Waals surface area (Å²) in [4.78, 5) is 22.4. The van der Waals surface area contributed by atoms with Crippen LogP contribution in [0.3, 0.4) is 0 Å². The average Bonchev–Trinajstić information content (AvgIpc) is 3.10. The first-order chi connectivity index (χ1) is 12.3. The molecule has 0 bridgehead atoms. The summed E-state index contributed by atoms with van der Waals surface area (Å²) < 4.78 is 15.9.